The molecule has 2 bridgehead atoms. The molecule has 1 saturated heterocycles. The molecule has 10 nitrogen and oxygen atoms in total. The summed E-state index contributed by atoms with van der Waals surface area (Å²) in [7, 11) is 3.44. The van der Waals surface area contributed by atoms with E-state index in [1.165, 1.54) is 25.3 Å². The highest BCUT2D eigenvalue weighted by Crippen LogP contribution is 2.58. The van der Waals surface area contributed by atoms with E-state index in [-0.39, 0.29) is 36.4 Å². The van der Waals surface area contributed by atoms with Gasteiger partial charge in [0.1, 0.15) is 11.8 Å². The van der Waals surface area contributed by atoms with E-state index in [2.05, 4.69) is 21.2 Å². The number of phenolic OH excluding ortho intramolecular Hbond substituents is 2. The SMILES string of the molecule is COc1c(C)cc2c(c1O)[C@@H]1C3Cc4c(O)c(C)c5c(c4[C@H](CNC(=O)/C=C/c4cccc(C(F)(F)F)c4)N3[C@@H](C#N)[C@H](C2)N1C)OCO5. The predicted molar refractivity (Wildman–Crippen MR) is 171 cm³/mol. The van der Waals surface area contributed by atoms with Gasteiger partial charge in [-0.2, -0.15) is 18.4 Å². The molecule has 3 aromatic carbocycles. The highest BCUT2D eigenvalue weighted by molar-refractivity contribution is 5.91. The summed E-state index contributed by atoms with van der Waals surface area (Å²) in [6.45, 7) is 3.51. The van der Waals surface area contributed by atoms with Crippen LogP contribution in [0, 0.1) is 25.2 Å². The zero-order valence-electron chi connectivity index (χ0n) is 27.3. The Hall–Kier alpha value is -4.93. The maximum atomic E-state index is 13.2. The molecule has 4 heterocycles. The van der Waals surface area contributed by atoms with Crippen molar-refractivity contribution in [1.29, 1.82) is 5.26 Å². The van der Waals surface area contributed by atoms with Crippen LogP contribution in [-0.4, -0.2) is 71.5 Å². The Bertz CT molecular complexity index is 1940. The van der Waals surface area contributed by atoms with Crippen molar-refractivity contribution in [1.82, 2.24) is 15.1 Å². The molecule has 1 fully saturated rings. The summed E-state index contributed by atoms with van der Waals surface area (Å²) in [4.78, 5) is 17.4. The van der Waals surface area contributed by atoms with Crippen molar-refractivity contribution in [2.45, 2.75) is 63.1 Å². The molecule has 1 unspecified atom stereocenters. The molecular formula is C36H35F3N4O6. The maximum Gasteiger partial charge on any atom is 0.416 e. The summed E-state index contributed by atoms with van der Waals surface area (Å²) in [5, 5.41) is 36.8. The van der Waals surface area contributed by atoms with Crippen LogP contribution in [0.2, 0.25) is 0 Å². The molecule has 49 heavy (non-hydrogen) atoms. The standard InChI is InChI=1S/C36H35F3N4O6/c1-17-10-20-12-23-25(14-40)43-24(30(42(23)3)28(20)32(46)33(17)47-4)13-22-29(35-34(48-16-49-35)18(2)31(22)45)26(43)15-41-27(44)9-8-19-6-5-7-21(11-19)36(37,38)39/h5-11,23-26,30,45-46H,12-13,15-16H2,1-4H3,(H,41,44)/b9-8+/t23-,24?,25-,26-,30-/m0/s1. The molecule has 7 rings (SSSR count). The molecular weight excluding hydrogens is 641 g/mol. The topological polar surface area (TPSA) is 128 Å². The summed E-state index contributed by atoms with van der Waals surface area (Å²) in [6.07, 6.45) is -1.28. The Morgan fingerprint density at radius 3 is 2.59 bits per heavy atom. The van der Waals surface area contributed by atoms with E-state index < -0.39 is 41.8 Å². The largest absolute Gasteiger partial charge is 0.507 e. The van der Waals surface area contributed by atoms with Crippen LogP contribution in [0.4, 0.5) is 13.2 Å². The number of hydrogen-bond acceptors (Lipinski definition) is 9. The number of amides is 1. The zero-order valence-corrected chi connectivity index (χ0v) is 27.3. The van der Waals surface area contributed by atoms with Crippen LogP contribution in [0.3, 0.4) is 0 Å². The van der Waals surface area contributed by atoms with E-state index in [1.54, 1.807) is 6.92 Å². The summed E-state index contributed by atoms with van der Waals surface area (Å²) in [6, 6.07) is 6.70. The number of ether oxygens (including phenoxy) is 3. The van der Waals surface area contributed by atoms with Gasteiger partial charge in [0.15, 0.2) is 23.0 Å². The first-order chi connectivity index (χ1) is 23.3. The monoisotopic (exact) mass is 676 g/mol. The second kappa shape index (κ2) is 11.9. The number of fused-ring (bicyclic) bond motifs is 9. The molecule has 13 heteroatoms. The fourth-order valence-corrected chi connectivity index (χ4v) is 8.29. The van der Waals surface area contributed by atoms with Crippen molar-refractivity contribution >= 4 is 12.0 Å². The first kappa shape index (κ1) is 32.6. The number of nitriles is 1. The van der Waals surface area contributed by atoms with Crippen molar-refractivity contribution in [3.8, 4) is 34.8 Å². The van der Waals surface area contributed by atoms with Crippen LogP contribution in [0.5, 0.6) is 28.7 Å². The van der Waals surface area contributed by atoms with Gasteiger partial charge in [0, 0.05) is 47.0 Å². The van der Waals surface area contributed by atoms with Gasteiger partial charge in [-0.3, -0.25) is 14.6 Å². The second-order valence-electron chi connectivity index (χ2n) is 13.0. The van der Waals surface area contributed by atoms with Gasteiger partial charge in [0.2, 0.25) is 12.7 Å². The number of likely N-dealkylation sites (N-methyl/N-ethyl adjacent to an activating group) is 1. The molecule has 5 atom stereocenters. The van der Waals surface area contributed by atoms with Gasteiger partial charge in [0.25, 0.3) is 0 Å². The number of aryl methyl sites for hydroxylation is 1. The normalized spacial score (nSPS) is 24.2. The quantitative estimate of drug-likeness (QED) is 0.318. The molecule has 1 amide bonds. The Balaban J connectivity index is 1.31. The minimum absolute atomic E-state index is 0.0229. The van der Waals surface area contributed by atoms with Crippen molar-refractivity contribution in [3.05, 3.63) is 80.9 Å². The average molecular weight is 677 g/mol. The Kier molecular flexibility index (Phi) is 7.91. The Labute approximate surface area is 280 Å². The van der Waals surface area contributed by atoms with Crippen molar-refractivity contribution in [2.75, 3.05) is 27.5 Å². The lowest BCUT2D eigenvalue weighted by Gasteiger charge is -2.60. The van der Waals surface area contributed by atoms with E-state index in [4.69, 9.17) is 14.2 Å². The van der Waals surface area contributed by atoms with Crippen LogP contribution >= 0.6 is 0 Å². The molecule has 256 valence electrons. The first-order valence-corrected chi connectivity index (χ1v) is 15.9. The molecule has 3 aromatic rings. The highest BCUT2D eigenvalue weighted by atomic mass is 19.4. The van der Waals surface area contributed by atoms with Gasteiger partial charge >= 0.3 is 6.18 Å². The predicted octanol–water partition coefficient (Wildman–Crippen LogP) is 5.07. The van der Waals surface area contributed by atoms with Gasteiger partial charge < -0.3 is 29.7 Å². The smallest absolute Gasteiger partial charge is 0.416 e. The Morgan fingerprint density at radius 1 is 1.12 bits per heavy atom. The summed E-state index contributed by atoms with van der Waals surface area (Å²) in [5.41, 5.74) is 3.48. The number of aromatic hydroxyl groups is 2. The lowest BCUT2D eigenvalue weighted by Crippen LogP contribution is -2.68. The third-order valence-corrected chi connectivity index (χ3v) is 10.4. The number of piperazine rings is 1. The number of rotatable bonds is 5. The molecule has 4 aliphatic rings. The number of halogens is 3. The third kappa shape index (κ3) is 5.12. The van der Waals surface area contributed by atoms with E-state index in [1.807, 2.05) is 20.0 Å². The number of alkyl halides is 3. The van der Waals surface area contributed by atoms with Gasteiger partial charge in [-0.15, -0.1) is 0 Å². The van der Waals surface area contributed by atoms with Crippen LogP contribution in [0.15, 0.2) is 36.4 Å². The number of nitrogens with one attached hydrogen (secondary N) is 1. The van der Waals surface area contributed by atoms with E-state index in [0.29, 0.717) is 52.3 Å². The minimum atomic E-state index is -4.52. The molecule has 0 radical (unpaired) electrons. The van der Waals surface area contributed by atoms with Gasteiger partial charge in [-0.25, -0.2) is 0 Å². The number of methoxy groups -OCH3 is 1. The number of carbonyl (C=O) groups excluding carboxylic acids is 1. The molecule has 0 aliphatic carbocycles. The molecule has 4 aliphatic heterocycles. The summed E-state index contributed by atoms with van der Waals surface area (Å²) >= 11 is 0. The number of carbonyl (C=O) groups is 1. The van der Waals surface area contributed by atoms with Crippen LogP contribution in [0.1, 0.15) is 56.6 Å². The van der Waals surface area contributed by atoms with Crippen LogP contribution in [0.25, 0.3) is 6.08 Å². The lowest BCUT2D eigenvalue weighted by molar-refractivity contribution is -0.137. The fraction of sp³-hybridized carbons (Fsp3) is 0.389. The lowest BCUT2D eigenvalue weighted by atomic mass is 9.71. The van der Waals surface area contributed by atoms with Gasteiger partial charge in [0.05, 0.1) is 30.8 Å². The zero-order chi connectivity index (χ0) is 34.9. The summed E-state index contributed by atoms with van der Waals surface area (Å²) < 4.78 is 57.0. The van der Waals surface area contributed by atoms with E-state index in [0.717, 1.165) is 29.3 Å². The van der Waals surface area contributed by atoms with Gasteiger partial charge in [-0.05, 0) is 68.6 Å². The number of hydrogen-bond donors (Lipinski definition) is 3. The highest BCUT2D eigenvalue weighted by Gasteiger charge is 2.56. The van der Waals surface area contributed by atoms with E-state index >= 15 is 0 Å². The Morgan fingerprint density at radius 2 is 1.88 bits per heavy atom. The van der Waals surface area contributed by atoms with Crippen molar-refractivity contribution in [2.24, 2.45) is 0 Å². The second-order valence-corrected chi connectivity index (χ2v) is 13.0. The minimum Gasteiger partial charge on any atom is -0.507 e. The molecule has 0 spiro atoms. The average Bonchev–Trinajstić information content (AvgIpc) is 3.55. The molecule has 3 N–H and O–H groups in total. The van der Waals surface area contributed by atoms with Crippen LogP contribution < -0.4 is 19.5 Å². The van der Waals surface area contributed by atoms with E-state index in [9.17, 15) is 33.4 Å². The summed E-state index contributed by atoms with van der Waals surface area (Å²) in [5.74, 6) is 0.695. The number of nitrogens with zero attached hydrogens (tertiary/aromatic N) is 3. The van der Waals surface area contributed by atoms with Gasteiger partial charge in [-0.1, -0.05) is 18.2 Å². The van der Waals surface area contributed by atoms with Crippen LogP contribution in [-0.2, 0) is 23.8 Å². The fourth-order valence-electron chi connectivity index (χ4n) is 8.29. The van der Waals surface area contributed by atoms with Crippen molar-refractivity contribution in [3.63, 3.8) is 0 Å². The third-order valence-electron chi connectivity index (χ3n) is 10.4. The molecule has 0 saturated carbocycles. The maximum absolute atomic E-state index is 13.2. The molecule has 0 aromatic heterocycles. The number of phenols is 2. The first-order valence-electron chi connectivity index (χ1n) is 15.9. The van der Waals surface area contributed by atoms with Crippen molar-refractivity contribution < 1.29 is 42.4 Å². The number of benzene rings is 3.